The molecule has 1 aliphatic rings. The molecule has 0 bridgehead atoms. The molecule has 1 atom stereocenters. The summed E-state index contributed by atoms with van der Waals surface area (Å²) in [7, 11) is -2.90. The normalized spacial score (nSPS) is 19.9. The molecule has 1 heterocycles. The van der Waals surface area contributed by atoms with E-state index in [9.17, 15) is 13.5 Å². The largest absolute Gasteiger partial charge is 0.508 e. The maximum Gasteiger partial charge on any atom is 0.191 e. The maximum absolute atomic E-state index is 11.5. The Kier molecular flexibility index (Phi) is 8.10. The Morgan fingerprint density at radius 3 is 2.83 bits per heavy atom. The number of halogens is 1. The number of sulfone groups is 1. The predicted molar refractivity (Wildman–Crippen MR) is 103 cm³/mol. The summed E-state index contributed by atoms with van der Waals surface area (Å²) in [6, 6.07) is 7.04. The van der Waals surface area contributed by atoms with Gasteiger partial charge in [-0.05, 0) is 37.5 Å². The van der Waals surface area contributed by atoms with Gasteiger partial charge in [-0.15, -0.1) is 24.0 Å². The second-order valence-electron chi connectivity index (χ2n) is 5.42. The molecular formula is C15H24IN3O3S. The molecule has 1 aliphatic heterocycles. The van der Waals surface area contributed by atoms with Gasteiger partial charge in [0.05, 0.1) is 11.5 Å². The summed E-state index contributed by atoms with van der Waals surface area (Å²) in [6.07, 6.45) is 1.34. The van der Waals surface area contributed by atoms with Gasteiger partial charge in [0, 0.05) is 19.1 Å². The highest BCUT2D eigenvalue weighted by molar-refractivity contribution is 14.0. The van der Waals surface area contributed by atoms with Gasteiger partial charge in [0.2, 0.25) is 0 Å². The number of nitrogens with one attached hydrogen (secondary N) is 2. The number of benzene rings is 1. The maximum atomic E-state index is 11.5. The summed E-state index contributed by atoms with van der Waals surface area (Å²) < 4.78 is 23.0. The zero-order valence-electron chi connectivity index (χ0n) is 13.2. The van der Waals surface area contributed by atoms with Gasteiger partial charge in [-0.25, -0.2) is 8.42 Å². The number of aromatic hydroxyl groups is 1. The van der Waals surface area contributed by atoms with E-state index >= 15 is 0 Å². The molecule has 23 heavy (non-hydrogen) atoms. The third kappa shape index (κ3) is 6.94. The molecular weight excluding hydrogens is 429 g/mol. The van der Waals surface area contributed by atoms with Crippen LogP contribution in [-0.2, 0) is 16.3 Å². The van der Waals surface area contributed by atoms with E-state index in [1.54, 1.807) is 18.2 Å². The van der Waals surface area contributed by atoms with E-state index in [0.717, 1.165) is 12.1 Å². The van der Waals surface area contributed by atoms with Crippen molar-refractivity contribution in [2.75, 3.05) is 24.6 Å². The van der Waals surface area contributed by atoms with Crippen molar-refractivity contribution in [1.29, 1.82) is 0 Å². The third-order valence-electron chi connectivity index (χ3n) is 3.50. The average molecular weight is 453 g/mol. The van der Waals surface area contributed by atoms with Gasteiger partial charge < -0.3 is 15.7 Å². The van der Waals surface area contributed by atoms with E-state index in [4.69, 9.17) is 0 Å². The first-order valence-electron chi connectivity index (χ1n) is 7.51. The first-order valence-corrected chi connectivity index (χ1v) is 9.34. The molecule has 1 aromatic rings. The smallest absolute Gasteiger partial charge is 0.191 e. The highest BCUT2D eigenvalue weighted by atomic mass is 127. The Bertz CT molecular complexity index is 635. The predicted octanol–water partition coefficient (Wildman–Crippen LogP) is 1.29. The molecule has 0 saturated carbocycles. The molecule has 130 valence electrons. The van der Waals surface area contributed by atoms with Crippen molar-refractivity contribution < 1.29 is 13.5 Å². The Hall–Kier alpha value is -1.03. The number of guanidine groups is 1. The van der Waals surface area contributed by atoms with Crippen LogP contribution in [0.25, 0.3) is 0 Å². The Labute approximate surface area is 154 Å². The Balaban J connectivity index is 0.00000264. The second-order valence-corrected chi connectivity index (χ2v) is 7.65. The number of phenols is 1. The van der Waals surface area contributed by atoms with Crippen molar-refractivity contribution in [3.05, 3.63) is 29.8 Å². The van der Waals surface area contributed by atoms with Crippen LogP contribution in [0.3, 0.4) is 0 Å². The van der Waals surface area contributed by atoms with Crippen molar-refractivity contribution in [3.8, 4) is 5.75 Å². The quantitative estimate of drug-likeness (QED) is 0.355. The summed E-state index contributed by atoms with van der Waals surface area (Å²) in [6.45, 7) is 3.26. The van der Waals surface area contributed by atoms with Crippen LogP contribution in [0.2, 0.25) is 0 Å². The molecule has 0 aliphatic carbocycles. The molecule has 1 fully saturated rings. The lowest BCUT2D eigenvalue weighted by Gasteiger charge is -2.15. The number of phenolic OH excluding ortho intramolecular Hbond substituents is 1. The molecule has 2 rings (SSSR count). The van der Waals surface area contributed by atoms with Gasteiger partial charge in [-0.1, -0.05) is 12.1 Å². The lowest BCUT2D eigenvalue weighted by molar-refractivity contribution is 0.474. The minimum Gasteiger partial charge on any atom is -0.508 e. The van der Waals surface area contributed by atoms with Crippen LogP contribution in [0.5, 0.6) is 5.75 Å². The van der Waals surface area contributed by atoms with Crippen LogP contribution in [0.4, 0.5) is 0 Å². The van der Waals surface area contributed by atoms with Gasteiger partial charge in [0.15, 0.2) is 15.8 Å². The first kappa shape index (κ1) is 20.0. The molecule has 1 saturated heterocycles. The summed E-state index contributed by atoms with van der Waals surface area (Å²) in [5.41, 5.74) is 1.02. The van der Waals surface area contributed by atoms with E-state index in [0.29, 0.717) is 25.3 Å². The monoisotopic (exact) mass is 453 g/mol. The van der Waals surface area contributed by atoms with Crippen molar-refractivity contribution in [2.45, 2.75) is 25.8 Å². The van der Waals surface area contributed by atoms with Crippen LogP contribution in [0.15, 0.2) is 29.3 Å². The van der Waals surface area contributed by atoms with E-state index in [1.165, 1.54) is 0 Å². The molecule has 0 aromatic heterocycles. The SMILES string of the molecule is CCNC(=NCCc1cccc(O)c1)NC1CCS(=O)(=O)C1.I. The first-order chi connectivity index (χ1) is 10.5. The van der Waals surface area contributed by atoms with Crippen molar-refractivity contribution >= 4 is 39.8 Å². The summed E-state index contributed by atoms with van der Waals surface area (Å²) in [5.74, 6) is 1.31. The van der Waals surface area contributed by atoms with E-state index in [-0.39, 0.29) is 47.3 Å². The molecule has 0 radical (unpaired) electrons. The van der Waals surface area contributed by atoms with Gasteiger partial charge in [0.25, 0.3) is 0 Å². The highest BCUT2D eigenvalue weighted by Crippen LogP contribution is 2.12. The molecule has 8 heteroatoms. The second kappa shape index (κ2) is 9.31. The van der Waals surface area contributed by atoms with Gasteiger partial charge >= 0.3 is 0 Å². The number of aliphatic imine (C=N–C) groups is 1. The van der Waals surface area contributed by atoms with Crippen LogP contribution in [0.1, 0.15) is 18.9 Å². The fourth-order valence-corrected chi connectivity index (χ4v) is 4.10. The van der Waals surface area contributed by atoms with E-state index in [1.807, 2.05) is 13.0 Å². The fourth-order valence-electron chi connectivity index (χ4n) is 2.43. The molecule has 0 amide bonds. The van der Waals surface area contributed by atoms with Gasteiger partial charge in [-0.2, -0.15) is 0 Å². The van der Waals surface area contributed by atoms with E-state index in [2.05, 4.69) is 15.6 Å². The highest BCUT2D eigenvalue weighted by Gasteiger charge is 2.28. The molecule has 1 unspecified atom stereocenters. The summed E-state index contributed by atoms with van der Waals surface area (Å²) >= 11 is 0. The number of nitrogens with zero attached hydrogens (tertiary/aromatic N) is 1. The fraction of sp³-hybridized carbons (Fsp3) is 0.533. The van der Waals surface area contributed by atoms with Crippen LogP contribution in [-0.4, -0.2) is 50.1 Å². The molecule has 3 N–H and O–H groups in total. The zero-order valence-corrected chi connectivity index (χ0v) is 16.3. The summed E-state index contributed by atoms with van der Waals surface area (Å²) in [4.78, 5) is 4.47. The van der Waals surface area contributed by atoms with Gasteiger partial charge in [-0.3, -0.25) is 4.99 Å². The zero-order chi connectivity index (χ0) is 16.0. The third-order valence-corrected chi connectivity index (χ3v) is 5.27. The van der Waals surface area contributed by atoms with Crippen molar-refractivity contribution in [2.24, 2.45) is 4.99 Å². The number of hydrogen-bond donors (Lipinski definition) is 3. The number of rotatable bonds is 5. The molecule has 1 aromatic carbocycles. The average Bonchev–Trinajstić information content (AvgIpc) is 2.78. The lowest BCUT2D eigenvalue weighted by atomic mass is 10.1. The molecule has 6 nitrogen and oxygen atoms in total. The minimum absolute atomic E-state index is 0. The van der Waals surface area contributed by atoms with Crippen LogP contribution < -0.4 is 10.6 Å². The lowest BCUT2D eigenvalue weighted by Crippen LogP contribution is -2.44. The standard InChI is InChI=1S/C15H23N3O3S.HI/c1-2-16-15(18-13-7-9-22(20,21)11-13)17-8-6-12-4-3-5-14(19)10-12;/h3-5,10,13,19H,2,6-9,11H2,1H3,(H2,16,17,18);1H. The van der Waals surface area contributed by atoms with E-state index < -0.39 is 9.84 Å². The van der Waals surface area contributed by atoms with Crippen molar-refractivity contribution in [3.63, 3.8) is 0 Å². The molecule has 0 spiro atoms. The topological polar surface area (TPSA) is 90.8 Å². The summed E-state index contributed by atoms with van der Waals surface area (Å²) in [5, 5.41) is 15.7. The minimum atomic E-state index is -2.90. The van der Waals surface area contributed by atoms with Gasteiger partial charge in [0.1, 0.15) is 5.75 Å². The van der Waals surface area contributed by atoms with Crippen LogP contribution in [0, 0.1) is 0 Å². The number of hydrogen-bond acceptors (Lipinski definition) is 4. The van der Waals surface area contributed by atoms with Crippen LogP contribution >= 0.6 is 24.0 Å². The Morgan fingerprint density at radius 1 is 1.43 bits per heavy atom. The van der Waals surface area contributed by atoms with Crippen molar-refractivity contribution in [1.82, 2.24) is 10.6 Å². The Morgan fingerprint density at radius 2 is 2.22 bits per heavy atom.